The zero-order valence-electron chi connectivity index (χ0n) is 24.2. The first-order chi connectivity index (χ1) is 18.1. The summed E-state index contributed by atoms with van der Waals surface area (Å²) in [6.45, 7) is 18.8. The number of nitrogens with zero attached hydrogens (tertiary/aromatic N) is 2. The third-order valence-corrected chi connectivity index (χ3v) is 6.86. The third-order valence-electron chi connectivity index (χ3n) is 6.86. The van der Waals surface area contributed by atoms with Crippen LogP contribution < -0.4 is 0 Å². The number of benzene rings is 1. The first kappa shape index (κ1) is 32.4. The molecule has 2 heterocycles. The molecule has 0 bridgehead atoms. The van der Waals surface area contributed by atoms with Gasteiger partial charge < -0.3 is 14.4 Å². The van der Waals surface area contributed by atoms with E-state index in [4.69, 9.17) is 9.47 Å². The molecule has 7 heteroatoms. The lowest BCUT2D eigenvalue weighted by molar-refractivity contribution is -0.127. The normalized spacial score (nSPS) is 17.9. The highest BCUT2D eigenvalue weighted by molar-refractivity contribution is 5.26. The maximum absolute atomic E-state index is 11.8. The van der Waals surface area contributed by atoms with E-state index in [0.29, 0.717) is 17.6 Å². The fraction of sp³-hybridized carbons (Fsp3) is 0.677. The van der Waals surface area contributed by atoms with Gasteiger partial charge in [0.15, 0.2) is 0 Å². The van der Waals surface area contributed by atoms with Gasteiger partial charge in [0.2, 0.25) is 0 Å². The topological polar surface area (TPSA) is 24.9 Å². The van der Waals surface area contributed by atoms with E-state index in [1.165, 1.54) is 37.1 Å². The SMILES string of the molecule is CCC/C=C(/C=C(\CCC)C(C)C)N1CC(OCCN2CCOCC2)C1.Cc1ccc(CC(F)(F)F)cc1. The lowest BCUT2D eigenvalue weighted by Crippen LogP contribution is -2.52. The van der Waals surface area contributed by atoms with Crippen molar-refractivity contribution in [1.29, 1.82) is 0 Å². The van der Waals surface area contributed by atoms with Crippen LogP contribution in [0.25, 0.3) is 0 Å². The Morgan fingerprint density at radius 2 is 1.74 bits per heavy atom. The van der Waals surface area contributed by atoms with E-state index in [2.05, 4.69) is 49.6 Å². The van der Waals surface area contributed by atoms with Gasteiger partial charge in [-0.05, 0) is 37.3 Å². The Bertz CT molecular complexity index is 838. The van der Waals surface area contributed by atoms with Crippen LogP contribution in [-0.4, -0.2) is 74.6 Å². The van der Waals surface area contributed by atoms with Crippen LogP contribution in [0, 0.1) is 12.8 Å². The number of aryl methyl sites for hydroxylation is 1. The average Bonchev–Trinajstić information content (AvgIpc) is 2.84. The first-order valence-corrected chi connectivity index (χ1v) is 14.3. The maximum atomic E-state index is 11.8. The quantitative estimate of drug-likeness (QED) is 0.263. The third kappa shape index (κ3) is 12.8. The first-order valence-electron chi connectivity index (χ1n) is 14.3. The minimum atomic E-state index is -4.10. The van der Waals surface area contributed by atoms with Crippen LogP contribution in [0.4, 0.5) is 13.2 Å². The van der Waals surface area contributed by atoms with Gasteiger partial charge in [0.05, 0.1) is 32.3 Å². The molecular weight excluding hydrogens is 489 g/mol. The number of likely N-dealkylation sites (tertiary alicyclic amines) is 1. The molecule has 2 saturated heterocycles. The molecule has 2 aliphatic rings. The van der Waals surface area contributed by atoms with E-state index in [9.17, 15) is 13.2 Å². The summed E-state index contributed by atoms with van der Waals surface area (Å²) in [5, 5.41) is 0. The van der Waals surface area contributed by atoms with E-state index >= 15 is 0 Å². The number of allylic oxidation sites excluding steroid dienone is 3. The molecule has 2 aliphatic heterocycles. The largest absolute Gasteiger partial charge is 0.393 e. The van der Waals surface area contributed by atoms with Crippen molar-refractivity contribution in [3.8, 4) is 0 Å². The number of ether oxygens (including phenoxy) is 2. The van der Waals surface area contributed by atoms with E-state index in [1.807, 2.05) is 6.92 Å². The highest BCUT2D eigenvalue weighted by Gasteiger charge is 2.29. The molecule has 3 rings (SSSR count). The van der Waals surface area contributed by atoms with Gasteiger partial charge >= 0.3 is 6.18 Å². The molecule has 0 N–H and O–H groups in total. The fourth-order valence-electron chi connectivity index (χ4n) is 4.44. The molecule has 0 atom stereocenters. The standard InChI is InChI=1S/C22H40N2O2.C9H9F3/c1-5-7-9-21(16-20(8-6-2)19(3)4)24-17-22(18-24)26-15-12-23-10-13-25-14-11-23;1-7-2-4-8(5-3-7)6-9(10,11)12/h9,16,19,22H,5-8,10-15,17-18H2,1-4H3;2-5H,6H2,1H3/b20-16+,21-9-;. The molecule has 4 nitrogen and oxygen atoms in total. The summed E-state index contributed by atoms with van der Waals surface area (Å²) in [6.07, 6.45) is 5.10. The van der Waals surface area contributed by atoms with E-state index < -0.39 is 12.6 Å². The van der Waals surface area contributed by atoms with Crippen molar-refractivity contribution in [3.63, 3.8) is 0 Å². The number of morpholine rings is 1. The molecule has 0 spiro atoms. The Hall–Kier alpha value is -1.83. The molecule has 0 radical (unpaired) electrons. The van der Waals surface area contributed by atoms with Gasteiger partial charge in [-0.2, -0.15) is 13.2 Å². The van der Waals surface area contributed by atoms with Crippen molar-refractivity contribution >= 4 is 0 Å². The number of rotatable bonds is 12. The van der Waals surface area contributed by atoms with Crippen molar-refractivity contribution in [2.45, 2.75) is 79.0 Å². The summed E-state index contributed by atoms with van der Waals surface area (Å²) in [5.41, 5.74) is 4.28. The summed E-state index contributed by atoms with van der Waals surface area (Å²) in [4.78, 5) is 4.93. The predicted molar refractivity (Wildman–Crippen MR) is 150 cm³/mol. The molecule has 38 heavy (non-hydrogen) atoms. The molecular formula is C31H49F3N2O2. The van der Waals surface area contributed by atoms with Crippen molar-refractivity contribution in [2.24, 2.45) is 5.92 Å². The maximum Gasteiger partial charge on any atom is 0.393 e. The van der Waals surface area contributed by atoms with E-state index in [0.717, 1.165) is 64.5 Å². The Morgan fingerprint density at radius 1 is 1.08 bits per heavy atom. The number of alkyl halides is 3. The van der Waals surface area contributed by atoms with E-state index in [1.54, 1.807) is 17.7 Å². The van der Waals surface area contributed by atoms with Crippen LogP contribution >= 0.6 is 0 Å². The fourth-order valence-corrected chi connectivity index (χ4v) is 4.44. The van der Waals surface area contributed by atoms with Crippen molar-refractivity contribution in [3.05, 3.63) is 58.8 Å². The summed E-state index contributed by atoms with van der Waals surface area (Å²) < 4.78 is 47.0. The minimum Gasteiger partial charge on any atom is -0.379 e. The van der Waals surface area contributed by atoms with Crippen LogP contribution in [-0.2, 0) is 15.9 Å². The highest BCUT2D eigenvalue weighted by atomic mass is 19.4. The van der Waals surface area contributed by atoms with E-state index in [-0.39, 0.29) is 0 Å². The summed E-state index contributed by atoms with van der Waals surface area (Å²) >= 11 is 0. The number of hydrogen-bond acceptors (Lipinski definition) is 4. The highest BCUT2D eigenvalue weighted by Crippen LogP contribution is 2.25. The van der Waals surface area contributed by atoms with Crippen LogP contribution in [0.1, 0.15) is 64.5 Å². The number of hydrogen-bond donors (Lipinski definition) is 0. The Morgan fingerprint density at radius 3 is 2.29 bits per heavy atom. The van der Waals surface area contributed by atoms with Gasteiger partial charge in [0.25, 0.3) is 0 Å². The molecule has 1 aromatic rings. The molecule has 1 aromatic carbocycles. The monoisotopic (exact) mass is 538 g/mol. The van der Waals surface area contributed by atoms with Gasteiger partial charge in [-0.25, -0.2) is 0 Å². The second kappa shape index (κ2) is 17.0. The second-order valence-electron chi connectivity index (χ2n) is 10.7. The zero-order chi connectivity index (χ0) is 28.0. The predicted octanol–water partition coefficient (Wildman–Crippen LogP) is 7.19. The summed E-state index contributed by atoms with van der Waals surface area (Å²) in [5.74, 6) is 0.627. The van der Waals surface area contributed by atoms with Crippen LogP contribution in [0.2, 0.25) is 0 Å². The lowest BCUT2D eigenvalue weighted by atomic mass is 9.96. The van der Waals surface area contributed by atoms with Gasteiger partial charge in [0, 0.05) is 38.4 Å². The van der Waals surface area contributed by atoms with Gasteiger partial charge in [-0.15, -0.1) is 0 Å². The summed E-state index contributed by atoms with van der Waals surface area (Å²) in [6, 6.07) is 6.37. The molecule has 216 valence electrons. The average molecular weight is 539 g/mol. The Balaban J connectivity index is 0.000000352. The van der Waals surface area contributed by atoms with Crippen molar-refractivity contribution in [2.75, 3.05) is 52.5 Å². The van der Waals surface area contributed by atoms with Gasteiger partial charge in [0.1, 0.15) is 0 Å². The molecule has 0 saturated carbocycles. The smallest absolute Gasteiger partial charge is 0.379 e. The summed E-state index contributed by atoms with van der Waals surface area (Å²) in [7, 11) is 0. The number of halogens is 3. The molecule has 2 fully saturated rings. The number of unbranched alkanes of at least 4 members (excludes halogenated alkanes) is 1. The van der Waals surface area contributed by atoms with Gasteiger partial charge in [-0.1, -0.05) is 82.0 Å². The Labute approximate surface area is 228 Å². The van der Waals surface area contributed by atoms with Gasteiger partial charge in [-0.3, -0.25) is 4.90 Å². The van der Waals surface area contributed by atoms with Crippen LogP contribution in [0.15, 0.2) is 47.7 Å². The second-order valence-corrected chi connectivity index (χ2v) is 10.7. The minimum absolute atomic E-state index is 0.313. The molecule has 0 aromatic heterocycles. The lowest BCUT2D eigenvalue weighted by Gasteiger charge is -2.42. The van der Waals surface area contributed by atoms with Crippen molar-refractivity contribution in [1.82, 2.24) is 9.80 Å². The van der Waals surface area contributed by atoms with Crippen LogP contribution in [0.5, 0.6) is 0 Å². The van der Waals surface area contributed by atoms with Crippen LogP contribution in [0.3, 0.4) is 0 Å². The molecule has 0 amide bonds. The Kier molecular flexibility index (Phi) is 14.5. The molecule has 0 unspecified atom stereocenters. The molecule has 0 aliphatic carbocycles. The zero-order valence-corrected chi connectivity index (χ0v) is 24.2. The van der Waals surface area contributed by atoms with Crippen molar-refractivity contribution < 1.29 is 22.6 Å².